The molecule has 0 aliphatic rings. The molecule has 0 heterocycles. The summed E-state index contributed by atoms with van der Waals surface area (Å²) in [5.74, 6) is -1.54. The third-order valence-electron chi connectivity index (χ3n) is 1.76. The normalized spacial score (nSPS) is 14.3. The quantitative estimate of drug-likeness (QED) is 0.573. The molecular weight excluding hydrogens is 223 g/mol. The fraction of sp³-hybridized carbons (Fsp3) is 0.222. The number of benzene rings is 1. The Morgan fingerprint density at radius 3 is 2.73 bits per heavy atom. The topological polar surface area (TPSA) is 66.4 Å². The van der Waals surface area contributed by atoms with Crippen LogP contribution in [0.1, 0.15) is 10.8 Å². The van der Waals surface area contributed by atoms with Crippen LogP contribution in [0.15, 0.2) is 24.3 Å². The van der Waals surface area contributed by atoms with Crippen molar-refractivity contribution in [2.45, 2.75) is 5.25 Å². The van der Waals surface area contributed by atoms with E-state index in [1.165, 1.54) is 12.1 Å². The number of carbonyl (C=O) groups excluding carboxylic acids is 1. The van der Waals surface area contributed by atoms with Gasteiger partial charge in [-0.2, -0.15) is 0 Å². The zero-order chi connectivity index (χ0) is 11.4. The van der Waals surface area contributed by atoms with Crippen LogP contribution in [-0.4, -0.2) is 21.8 Å². The first-order valence-electron chi connectivity index (χ1n) is 3.97. The van der Waals surface area contributed by atoms with Crippen LogP contribution in [-0.2, 0) is 20.6 Å². The Morgan fingerprint density at radius 2 is 2.27 bits per heavy atom. The number of rotatable bonds is 3. The molecule has 1 aromatic rings. The first-order valence-corrected chi connectivity index (χ1v) is 5.11. The smallest absolute Gasteiger partial charge is 0.324 e. The fourth-order valence-electron chi connectivity index (χ4n) is 1.10. The van der Waals surface area contributed by atoms with Crippen LogP contribution in [0.3, 0.4) is 0 Å². The van der Waals surface area contributed by atoms with E-state index in [1.54, 1.807) is 0 Å². The highest BCUT2D eigenvalue weighted by Gasteiger charge is 2.22. The summed E-state index contributed by atoms with van der Waals surface area (Å²) in [7, 11) is 1.07. The molecule has 0 aliphatic heterocycles. The third-order valence-corrected chi connectivity index (χ3v) is 2.61. The minimum Gasteiger partial charge on any atom is -0.771 e. The van der Waals surface area contributed by atoms with Gasteiger partial charge in [-0.3, -0.25) is 9.00 Å². The lowest BCUT2D eigenvalue weighted by Crippen LogP contribution is -2.19. The Balaban J connectivity index is 3.10. The van der Waals surface area contributed by atoms with Gasteiger partial charge >= 0.3 is 5.97 Å². The van der Waals surface area contributed by atoms with Crippen molar-refractivity contribution in [2.75, 3.05) is 7.11 Å². The predicted molar refractivity (Wildman–Crippen MR) is 50.1 cm³/mol. The fourth-order valence-corrected chi connectivity index (χ4v) is 1.72. The van der Waals surface area contributed by atoms with Gasteiger partial charge in [0.25, 0.3) is 0 Å². The molecule has 15 heavy (non-hydrogen) atoms. The molecule has 0 saturated heterocycles. The molecule has 0 spiro atoms. The molecule has 0 N–H and O–H groups in total. The minimum absolute atomic E-state index is 0.0511. The van der Waals surface area contributed by atoms with Gasteiger partial charge in [0.1, 0.15) is 11.1 Å². The van der Waals surface area contributed by atoms with E-state index in [4.69, 9.17) is 0 Å². The van der Waals surface area contributed by atoms with E-state index in [1.807, 2.05) is 0 Å². The van der Waals surface area contributed by atoms with E-state index >= 15 is 0 Å². The van der Waals surface area contributed by atoms with Gasteiger partial charge in [0, 0.05) is 0 Å². The molecule has 0 bridgehead atoms. The number of methoxy groups -OCH3 is 1. The first kappa shape index (κ1) is 11.8. The van der Waals surface area contributed by atoms with Crippen molar-refractivity contribution in [3.8, 4) is 0 Å². The molecule has 0 saturated carbocycles. The number of hydrogen-bond acceptors (Lipinski definition) is 4. The van der Waals surface area contributed by atoms with Gasteiger partial charge in [-0.15, -0.1) is 0 Å². The van der Waals surface area contributed by atoms with Crippen LogP contribution < -0.4 is 0 Å². The molecule has 2 unspecified atom stereocenters. The summed E-state index contributed by atoms with van der Waals surface area (Å²) in [6, 6.07) is 4.82. The van der Waals surface area contributed by atoms with Crippen molar-refractivity contribution in [1.82, 2.24) is 0 Å². The van der Waals surface area contributed by atoms with Crippen LogP contribution in [0.2, 0.25) is 0 Å². The summed E-state index contributed by atoms with van der Waals surface area (Å²) in [6.45, 7) is 0. The monoisotopic (exact) mass is 231 g/mol. The standard InChI is InChI=1S/C9H9FO4S/c1-14-9(11)8(15(12)13)6-3-2-4-7(10)5-6/h2-5,8H,1H3,(H,12,13)/p-1. The molecule has 82 valence electrons. The minimum atomic E-state index is -2.68. The van der Waals surface area contributed by atoms with Crippen molar-refractivity contribution < 1.29 is 22.7 Å². The molecule has 1 rings (SSSR count). The molecule has 1 aromatic carbocycles. The average molecular weight is 231 g/mol. The molecule has 4 nitrogen and oxygen atoms in total. The maximum absolute atomic E-state index is 12.8. The first-order chi connectivity index (χ1) is 7.06. The maximum Gasteiger partial charge on any atom is 0.324 e. The summed E-state index contributed by atoms with van der Waals surface area (Å²) in [4.78, 5) is 11.1. The van der Waals surface area contributed by atoms with Gasteiger partial charge in [-0.25, -0.2) is 4.39 Å². The summed E-state index contributed by atoms with van der Waals surface area (Å²) in [6.07, 6.45) is 0. The van der Waals surface area contributed by atoms with E-state index in [-0.39, 0.29) is 5.56 Å². The van der Waals surface area contributed by atoms with Crippen LogP contribution in [0.25, 0.3) is 0 Å². The van der Waals surface area contributed by atoms with Crippen molar-refractivity contribution in [2.24, 2.45) is 0 Å². The van der Waals surface area contributed by atoms with Crippen LogP contribution in [0.4, 0.5) is 4.39 Å². The zero-order valence-electron chi connectivity index (χ0n) is 7.81. The van der Waals surface area contributed by atoms with Gasteiger partial charge < -0.3 is 9.29 Å². The Labute approximate surface area is 88.3 Å². The summed E-state index contributed by atoms with van der Waals surface area (Å²) in [5.41, 5.74) is 0.0511. The van der Waals surface area contributed by atoms with Crippen LogP contribution in [0, 0.1) is 5.82 Å². The largest absolute Gasteiger partial charge is 0.771 e. The summed E-state index contributed by atoms with van der Waals surface area (Å²) >= 11 is -2.68. The molecule has 0 amide bonds. The van der Waals surface area contributed by atoms with Crippen molar-refractivity contribution in [3.63, 3.8) is 0 Å². The number of carbonyl (C=O) groups is 1. The Kier molecular flexibility index (Phi) is 3.93. The zero-order valence-corrected chi connectivity index (χ0v) is 8.62. The predicted octanol–water partition coefficient (Wildman–Crippen LogP) is 0.919. The molecular formula is C9H8FO4S-. The highest BCUT2D eigenvalue weighted by molar-refractivity contribution is 7.80. The van der Waals surface area contributed by atoms with E-state index in [9.17, 15) is 17.9 Å². The summed E-state index contributed by atoms with van der Waals surface area (Å²) in [5, 5.41) is -1.48. The molecule has 2 atom stereocenters. The highest BCUT2D eigenvalue weighted by Crippen LogP contribution is 2.20. The van der Waals surface area contributed by atoms with Gasteiger partial charge in [0.15, 0.2) is 0 Å². The van der Waals surface area contributed by atoms with Gasteiger partial charge in [0.05, 0.1) is 7.11 Å². The van der Waals surface area contributed by atoms with E-state index in [0.29, 0.717) is 0 Å². The number of hydrogen-bond donors (Lipinski definition) is 0. The molecule has 0 radical (unpaired) electrons. The van der Waals surface area contributed by atoms with Gasteiger partial charge in [0.2, 0.25) is 0 Å². The van der Waals surface area contributed by atoms with E-state index < -0.39 is 28.1 Å². The highest BCUT2D eigenvalue weighted by atomic mass is 32.2. The second kappa shape index (κ2) is 4.99. The van der Waals surface area contributed by atoms with Gasteiger partial charge in [-0.05, 0) is 28.8 Å². The molecule has 0 fully saturated rings. The second-order valence-electron chi connectivity index (χ2n) is 2.72. The Morgan fingerprint density at radius 1 is 1.60 bits per heavy atom. The average Bonchev–Trinajstić information content (AvgIpc) is 2.17. The lowest BCUT2D eigenvalue weighted by Gasteiger charge is -2.17. The van der Waals surface area contributed by atoms with E-state index in [2.05, 4.69) is 4.74 Å². The lowest BCUT2D eigenvalue weighted by atomic mass is 10.1. The van der Waals surface area contributed by atoms with Crippen molar-refractivity contribution in [1.29, 1.82) is 0 Å². The lowest BCUT2D eigenvalue weighted by molar-refractivity contribution is -0.140. The van der Waals surface area contributed by atoms with Crippen LogP contribution in [0.5, 0.6) is 0 Å². The second-order valence-corrected chi connectivity index (χ2v) is 3.71. The number of ether oxygens (including phenoxy) is 1. The van der Waals surface area contributed by atoms with E-state index in [0.717, 1.165) is 19.2 Å². The SMILES string of the molecule is COC(=O)C(c1cccc(F)c1)S(=O)[O-]. The third kappa shape index (κ3) is 2.84. The summed E-state index contributed by atoms with van der Waals surface area (Å²) < 4.78 is 38.7. The van der Waals surface area contributed by atoms with Gasteiger partial charge in [-0.1, -0.05) is 12.1 Å². The number of esters is 1. The van der Waals surface area contributed by atoms with Crippen molar-refractivity contribution >= 4 is 17.0 Å². The van der Waals surface area contributed by atoms with Crippen LogP contribution >= 0.6 is 0 Å². The molecule has 6 heteroatoms. The molecule has 0 aromatic heterocycles. The van der Waals surface area contributed by atoms with Crippen molar-refractivity contribution in [3.05, 3.63) is 35.6 Å². The Hall–Kier alpha value is -1.27. The molecule has 0 aliphatic carbocycles. The Bertz CT molecular complexity index is 393. The maximum atomic E-state index is 12.8. The number of halogens is 1.